The smallest absolute Gasteiger partial charge is 0.291 e. The molecule has 0 unspecified atom stereocenters. The second-order valence-electron chi connectivity index (χ2n) is 13.2. The molecule has 284 valence electrons. The summed E-state index contributed by atoms with van der Waals surface area (Å²) in [6.45, 7) is 2.72. The van der Waals surface area contributed by atoms with Crippen LogP contribution in [0.15, 0.2) is 101 Å². The van der Waals surface area contributed by atoms with Crippen molar-refractivity contribution in [3.63, 3.8) is 0 Å². The Bertz CT molecular complexity index is 2600. The maximum Gasteiger partial charge on any atom is 0.291 e. The third-order valence-corrected chi connectivity index (χ3v) is 9.84. The lowest BCUT2D eigenvalue weighted by atomic mass is 9.98. The topological polar surface area (TPSA) is 161 Å². The molecule has 56 heavy (non-hydrogen) atoms. The number of hydrogen-bond acceptors (Lipinski definition) is 12. The van der Waals surface area contributed by atoms with Crippen LogP contribution >= 0.6 is 0 Å². The predicted molar refractivity (Wildman–Crippen MR) is 207 cm³/mol. The molecule has 0 saturated carbocycles. The van der Waals surface area contributed by atoms with Gasteiger partial charge in [-0.1, -0.05) is 12.1 Å². The number of benzene rings is 4. The molecule has 15 nitrogen and oxygen atoms in total. The van der Waals surface area contributed by atoms with Crippen molar-refractivity contribution >= 4 is 22.6 Å². The number of nitrogens with zero attached hydrogens (tertiary/aromatic N) is 7. The van der Waals surface area contributed by atoms with Crippen molar-refractivity contribution in [1.82, 2.24) is 34.7 Å². The molecule has 0 atom stereocenters. The van der Waals surface area contributed by atoms with Crippen molar-refractivity contribution in [2.45, 2.75) is 19.4 Å². The minimum atomic E-state index is -0.659. The normalized spacial score (nSPS) is 12.6. The van der Waals surface area contributed by atoms with Crippen molar-refractivity contribution in [2.24, 2.45) is 0 Å². The highest BCUT2D eigenvalue weighted by Gasteiger charge is 2.22. The van der Waals surface area contributed by atoms with E-state index < -0.39 is 5.91 Å². The van der Waals surface area contributed by atoms with Crippen LogP contribution in [0.25, 0.3) is 33.7 Å². The Kier molecular flexibility index (Phi) is 9.89. The number of rotatable bonds is 12. The monoisotopic (exact) mass is 754 g/mol. The largest absolute Gasteiger partial charge is 0.493 e. The molecule has 1 aliphatic heterocycles. The molecule has 15 heteroatoms. The van der Waals surface area contributed by atoms with Gasteiger partial charge in [0, 0.05) is 49.8 Å². The van der Waals surface area contributed by atoms with Gasteiger partial charge in [0.1, 0.15) is 5.58 Å². The minimum absolute atomic E-state index is 0.179. The van der Waals surface area contributed by atoms with E-state index in [1.165, 1.54) is 35.7 Å². The third kappa shape index (κ3) is 7.14. The molecule has 1 amide bonds. The van der Waals surface area contributed by atoms with Gasteiger partial charge in [-0.3, -0.25) is 14.5 Å². The summed E-state index contributed by atoms with van der Waals surface area (Å²) >= 11 is 0. The number of ether oxygens (including phenoxy) is 4. The van der Waals surface area contributed by atoms with Crippen LogP contribution < -0.4 is 29.7 Å². The molecular formula is C41H38N8O7. The Morgan fingerprint density at radius 3 is 2.29 bits per heavy atom. The number of aromatic nitrogens is 6. The number of nitrogens with one attached hydrogen (secondary N) is 1. The van der Waals surface area contributed by atoms with Crippen LogP contribution in [0.5, 0.6) is 23.0 Å². The highest BCUT2D eigenvalue weighted by atomic mass is 16.5. The van der Waals surface area contributed by atoms with E-state index in [1.807, 2.05) is 12.1 Å². The number of carbonyl (C=O) groups is 1. The summed E-state index contributed by atoms with van der Waals surface area (Å²) in [5.41, 5.74) is 5.76. The minimum Gasteiger partial charge on any atom is -0.493 e. The van der Waals surface area contributed by atoms with Gasteiger partial charge in [-0.2, -0.15) is 0 Å². The lowest BCUT2D eigenvalue weighted by molar-refractivity contribution is 0.0997. The van der Waals surface area contributed by atoms with Gasteiger partial charge in [0.05, 0.1) is 57.1 Å². The molecule has 0 saturated heterocycles. The van der Waals surface area contributed by atoms with Crippen molar-refractivity contribution in [1.29, 1.82) is 0 Å². The molecule has 3 aromatic heterocycles. The van der Waals surface area contributed by atoms with Crippen molar-refractivity contribution < 1.29 is 28.2 Å². The van der Waals surface area contributed by atoms with Crippen LogP contribution in [0.3, 0.4) is 0 Å². The zero-order valence-corrected chi connectivity index (χ0v) is 31.2. The van der Waals surface area contributed by atoms with E-state index >= 15 is 0 Å². The van der Waals surface area contributed by atoms with E-state index in [1.54, 1.807) is 67.8 Å². The fourth-order valence-corrected chi connectivity index (χ4v) is 6.83. The van der Waals surface area contributed by atoms with Crippen LogP contribution in [0.4, 0.5) is 5.69 Å². The Hall–Kier alpha value is -7.00. The summed E-state index contributed by atoms with van der Waals surface area (Å²) in [4.78, 5) is 34.7. The van der Waals surface area contributed by atoms with Crippen molar-refractivity contribution in [3.05, 3.63) is 124 Å². The molecule has 0 fully saturated rings. The first kappa shape index (κ1) is 36.0. The van der Waals surface area contributed by atoms with Gasteiger partial charge in [-0.15, -0.1) is 15.0 Å². The first-order valence-electron chi connectivity index (χ1n) is 17.8. The number of carbonyl (C=O) groups excluding carboxylic acids is 1. The standard InChI is InChI=1S/C41H38N8O7/c1-52-35-17-26-12-15-47(23-27(26)18-36(35)53-2)14-11-25-5-7-28(8-6-25)49-45-40(44-46-49)30-20-37(54-3)38(55-4)21-32(30)43-41(51)39-22-33(50)31-19-29(9-10-34(31)56-39)48-16-13-42-24-48/h5-10,13,16-22,24H,11-12,14-15,23H2,1-4H3,(H,43,51). The fourth-order valence-electron chi connectivity index (χ4n) is 6.83. The van der Waals surface area contributed by atoms with Gasteiger partial charge < -0.3 is 33.2 Å². The maximum atomic E-state index is 13.6. The molecule has 8 rings (SSSR count). The van der Waals surface area contributed by atoms with Gasteiger partial charge in [0.15, 0.2) is 34.2 Å². The highest BCUT2D eigenvalue weighted by Crippen LogP contribution is 2.38. The second kappa shape index (κ2) is 15.4. The molecule has 1 aliphatic rings. The van der Waals surface area contributed by atoms with Crippen LogP contribution in [0.2, 0.25) is 0 Å². The number of fused-ring (bicyclic) bond motifs is 2. The molecular weight excluding hydrogens is 716 g/mol. The Morgan fingerprint density at radius 1 is 0.839 bits per heavy atom. The van der Waals surface area contributed by atoms with Crippen LogP contribution in [-0.2, 0) is 19.4 Å². The van der Waals surface area contributed by atoms with Gasteiger partial charge in [-0.05, 0) is 83.3 Å². The number of hydrogen-bond donors (Lipinski definition) is 1. The molecule has 7 aromatic rings. The molecule has 0 radical (unpaired) electrons. The molecule has 0 spiro atoms. The Labute approximate surface area is 321 Å². The van der Waals surface area contributed by atoms with Crippen molar-refractivity contribution in [3.8, 4) is 45.8 Å². The number of amides is 1. The molecule has 0 aliphatic carbocycles. The van der Waals surface area contributed by atoms with Crippen LogP contribution in [0, 0.1) is 0 Å². The number of imidazole rings is 1. The van der Waals surface area contributed by atoms with E-state index in [4.69, 9.17) is 23.4 Å². The summed E-state index contributed by atoms with van der Waals surface area (Å²) in [5, 5.41) is 16.4. The molecule has 1 N–H and O–H groups in total. The zero-order chi connectivity index (χ0) is 38.8. The number of anilines is 1. The highest BCUT2D eigenvalue weighted by molar-refractivity contribution is 6.05. The summed E-state index contributed by atoms with van der Waals surface area (Å²) in [5.74, 6) is 1.64. The van der Waals surface area contributed by atoms with E-state index in [2.05, 4.69) is 54.9 Å². The average Bonchev–Trinajstić information content (AvgIpc) is 3.96. The quantitative estimate of drug-likeness (QED) is 0.167. The summed E-state index contributed by atoms with van der Waals surface area (Å²) in [6, 6.07) is 21.7. The van der Waals surface area contributed by atoms with Crippen molar-refractivity contribution in [2.75, 3.05) is 46.8 Å². The van der Waals surface area contributed by atoms with Crippen LogP contribution in [0.1, 0.15) is 27.2 Å². The van der Waals surface area contributed by atoms with E-state index in [0.717, 1.165) is 55.7 Å². The van der Waals surface area contributed by atoms with E-state index in [9.17, 15) is 9.59 Å². The SMILES string of the molecule is COc1cc2c(cc1OC)CN(CCc1ccc(-n3nnc(-c4cc(OC)c(OC)cc4NC(=O)c4cc(=O)c5cc(-n6ccnc6)ccc5o4)n3)cc1)CC2. The number of methoxy groups -OCH3 is 4. The zero-order valence-electron chi connectivity index (χ0n) is 31.2. The number of tetrazole rings is 1. The van der Waals surface area contributed by atoms with E-state index in [0.29, 0.717) is 33.8 Å². The predicted octanol–water partition coefficient (Wildman–Crippen LogP) is 5.51. The van der Waals surface area contributed by atoms with Gasteiger partial charge in [0.25, 0.3) is 5.91 Å². The molecule has 4 aromatic carbocycles. The third-order valence-electron chi connectivity index (χ3n) is 9.84. The molecule has 0 bridgehead atoms. The Balaban J connectivity index is 0.988. The molecule has 4 heterocycles. The summed E-state index contributed by atoms with van der Waals surface area (Å²) in [6.07, 6.45) is 6.86. The van der Waals surface area contributed by atoms with Crippen LogP contribution in [-0.4, -0.2) is 82.1 Å². The van der Waals surface area contributed by atoms with E-state index in [-0.39, 0.29) is 22.6 Å². The maximum absolute atomic E-state index is 13.6. The fraction of sp³-hybridized carbons (Fsp3) is 0.220. The lowest BCUT2D eigenvalue weighted by Crippen LogP contribution is -2.32. The first-order valence-corrected chi connectivity index (χ1v) is 17.8. The lowest BCUT2D eigenvalue weighted by Gasteiger charge is -2.29. The van der Waals surface area contributed by atoms with Gasteiger partial charge >= 0.3 is 0 Å². The Morgan fingerprint density at radius 2 is 1.55 bits per heavy atom. The van der Waals surface area contributed by atoms with Gasteiger partial charge in [0.2, 0.25) is 5.82 Å². The summed E-state index contributed by atoms with van der Waals surface area (Å²) in [7, 11) is 6.32. The second-order valence-corrected chi connectivity index (χ2v) is 13.2. The van der Waals surface area contributed by atoms with Gasteiger partial charge in [-0.25, -0.2) is 4.98 Å². The average molecular weight is 755 g/mol. The first-order chi connectivity index (χ1) is 27.3. The summed E-state index contributed by atoms with van der Waals surface area (Å²) < 4.78 is 29.7.